The Morgan fingerprint density at radius 1 is 1.03 bits per heavy atom. The first-order chi connectivity index (χ1) is 13.7. The third-order valence-electron chi connectivity index (χ3n) is 5.15. The molecule has 9 heteroatoms. The van der Waals surface area contributed by atoms with E-state index in [2.05, 4.69) is 5.32 Å². The Hall–Kier alpha value is -2.39. The quantitative estimate of drug-likeness (QED) is 0.725. The predicted octanol–water partition coefficient (Wildman–Crippen LogP) is 4.31. The molecule has 1 aliphatic rings. The molecule has 1 fully saturated rings. The molecule has 29 heavy (non-hydrogen) atoms. The number of sulfonamides is 1. The molecule has 1 aliphatic carbocycles. The number of rotatable bonds is 5. The third kappa shape index (κ3) is 4.45. The van der Waals surface area contributed by atoms with Gasteiger partial charge in [0, 0.05) is 18.7 Å². The molecule has 156 valence electrons. The number of halogens is 3. The first-order valence-corrected chi connectivity index (χ1v) is 10.7. The van der Waals surface area contributed by atoms with Crippen molar-refractivity contribution in [3.05, 3.63) is 59.4 Å². The Kier molecular flexibility index (Phi) is 6.28. The molecule has 5 nitrogen and oxygen atoms in total. The minimum absolute atomic E-state index is 0.0488. The number of nitrogens with one attached hydrogen (secondary N) is 1. The van der Waals surface area contributed by atoms with Crippen LogP contribution >= 0.6 is 0 Å². The van der Waals surface area contributed by atoms with Crippen LogP contribution in [-0.4, -0.2) is 31.7 Å². The van der Waals surface area contributed by atoms with Gasteiger partial charge in [0.15, 0.2) is 17.5 Å². The van der Waals surface area contributed by atoms with Gasteiger partial charge in [0.2, 0.25) is 10.0 Å². The molecule has 0 radical (unpaired) electrons. The standard InChI is InChI=1S/C20H21F3N2O3S/c1-25(14-7-3-2-4-8-14)29(27,28)15-9-5-6-13(12-15)20(26)24-17-11-10-16(21)18(22)19(17)23/h5-6,9-12,14H,2-4,7-8H2,1H3,(H,24,26). The molecule has 1 amide bonds. The van der Waals surface area contributed by atoms with Crippen molar-refractivity contribution < 1.29 is 26.4 Å². The molecule has 0 bridgehead atoms. The van der Waals surface area contributed by atoms with Gasteiger partial charge in [-0.25, -0.2) is 21.6 Å². The number of hydrogen-bond acceptors (Lipinski definition) is 3. The Morgan fingerprint density at radius 3 is 2.41 bits per heavy atom. The van der Waals surface area contributed by atoms with E-state index in [9.17, 15) is 26.4 Å². The van der Waals surface area contributed by atoms with Crippen LogP contribution in [0.4, 0.5) is 18.9 Å². The molecule has 0 atom stereocenters. The van der Waals surface area contributed by atoms with Crippen molar-refractivity contribution in [1.29, 1.82) is 0 Å². The summed E-state index contributed by atoms with van der Waals surface area (Å²) >= 11 is 0. The summed E-state index contributed by atoms with van der Waals surface area (Å²) < 4.78 is 67.4. The van der Waals surface area contributed by atoms with Crippen LogP contribution in [0, 0.1) is 17.5 Å². The first kappa shape index (κ1) is 21.3. The molecule has 1 saturated carbocycles. The number of carbonyl (C=O) groups is 1. The van der Waals surface area contributed by atoms with E-state index in [1.165, 1.54) is 35.6 Å². The van der Waals surface area contributed by atoms with Gasteiger partial charge in [-0.3, -0.25) is 4.79 Å². The van der Waals surface area contributed by atoms with Crippen molar-refractivity contribution in [2.24, 2.45) is 0 Å². The largest absolute Gasteiger partial charge is 0.319 e. The zero-order valence-electron chi connectivity index (χ0n) is 15.8. The highest BCUT2D eigenvalue weighted by molar-refractivity contribution is 7.89. The van der Waals surface area contributed by atoms with Crippen LogP contribution in [0.3, 0.4) is 0 Å². The van der Waals surface area contributed by atoms with E-state index in [4.69, 9.17) is 0 Å². The molecule has 0 aromatic heterocycles. The van der Waals surface area contributed by atoms with Crippen LogP contribution in [-0.2, 0) is 10.0 Å². The summed E-state index contributed by atoms with van der Waals surface area (Å²) in [7, 11) is -2.30. The zero-order valence-corrected chi connectivity index (χ0v) is 16.6. The lowest BCUT2D eigenvalue weighted by atomic mass is 9.96. The summed E-state index contributed by atoms with van der Waals surface area (Å²) in [5, 5.41) is 2.14. The lowest BCUT2D eigenvalue weighted by molar-refractivity contribution is 0.102. The van der Waals surface area contributed by atoms with Crippen LogP contribution in [0.2, 0.25) is 0 Å². The number of nitrogens with zero attached hydrogens (tertiary/aromatic N) is 1. The van der Waals surface area contributed by atoms with Crippen molar-refractivity contribution in [3.63, 3.8) is 0 Å². The van der Waals surface area contributed by atoms with Gasteiger partial charge in [-0.1, -0.05) is 25.3 Å². The van der Waals surface area contributed by atoms with Gasteiger partial charge in [-0.15, -0.1) is 0 Å². The third-order valence-corrected chi connectivity index (χ3v) is 7.05. The maximum atomic E-state index is 13.8. The highest BCUT2D eigenvalue weighted by Gasteiger charge is 2.29. The molecule has 3 rings (SSSR count). The van der Waals surface area contributed by atoms with Gasteiger partial charge in [0.25, 0.3) is 5.91 Å². The number of benzene rings is 2. The van der Waals surface area contributed by atoms with Gasteiger partial charge in [-0.2, -0.15) is 4.31 Å². The molecular weight excluding hydrogens is 405 g/mol. The molecule has 0 saturated heterocycles. The second-order valence-corrected chi connectivity index (χ2v) is 9.02. The van der Waals surface area contributed by atoms with Gasteiger partial charge in [0.1, 0.15) is 0 Å². The first-order valence-electron chi connectivity index (χ1n) is 9.25. The molecular formula is C20H21F3N2O3S. The number of anilines is 1. The highest BCUT2D eigenvalue weighted by atomic mass is 32.2. The van der Waals surface area contributed by atoms with Crippen molar-refractivity contribution in [1.82, 2.24) is 4.31 Å². The molecule has 0 heterocycles. The van der Waals surface area contributed by atoms with Gasteiger partial charge in [0.05, 0.1) is 10.6 Å². The van der Waals surface area contributed by atoms with Crippen molar-refractivity contribution in [2.75, 3.05) is 12.4 Å². The van der Waals surface area contributed by atoms with Crippen LogP contribution in [0.5, 0.6) is 0 Å². The summed E-state index contributed by atoms with van der Waals surface area (Å²) in [6.45, 7) is 0. The number of carbonyl (C=O) groups excluding carboxylic acids is 1. The number of hydrogen-bond donors (Lipinski definition) is 1. The monoisotopic (exact) mass is 426 g/mol. The SMILES string of the molecule is CN(C1CCCCC1)S(=O)(=O)c1cccc(C(=O)Nc2ccc(F)c(F)c2F)c1. The van der Waals surface area contributed by atoms with Gasteiger partial charge in [-0.05, 0) is 43.2 Å². The molecule has 1 N–H and O–H groups in total. The Balaban J connectivity index is 1.83. The van der Waals surface area contributed by atoms with E-state index in [-0.39, 0.29) is 16.5 Å². The van der Waals surface area contributed by atoms with Crippen molar-refractivity contribution in [3.8, 4) is 0 Å². The highest BCUT2D eigenvalue weighted by Crippen LogP contribution is 2.27. The van der Waals surface area contributed by atoms with Crippen LogP contribution in [0.25, 0.3) is 0 Å². The molecule has 2 aromatic rings. The summed E-state index contributed by atoms with van der Waals surface area (Å²) in [6.07, 6.45) is 4.58. The lowest BCUT2D eigenvalue weighted by Crippen LogP contribution is -2.38. The van der Waals surface area contributed by atoms with E-state index in [1.807, 2.05) is 0 Å². The van der Waals surface area contributed by atoms with E-state index in [0.29, 0.717) is 6.07 Å². The predicted molar refractivity (Wildman–Crippen MR) is 103 cm³/mol. The Morgan fingerprint density at radius 2 is 1.72 bits per heavy atom. The van der Waals surface area contributed by atoms with Crippen LogP contribution in [0.15, 0.2) is 41.3 Å². The van der Waals surface area contributed by atoms with E-state index < -0.39 is 39.1 Å². The normalized spacial score (nSPS) is 15.5. The van der Waals surface area contributed by atoms with Crippen LogP contribution in [0.1, 0.15) is 42.5 Å². The number of amides is 1. The minimum Gasteiger partial charge on any atom is -0.319 e. The van der Waals surface area contributed by atoms with Crippen molar-refractivity contribution in [2.45, 2.75) is 43.0 Å². The fourth-order valence-electron chi connectivity index (χ4n) is 3.42. The fourth-order valence-corrected chi connectivity index (χ4v) is 4.88. The van der Waals surface area contributed by atoms with Crippen LogP contribution < -0.4 is 5.32 Å². The Bertz CT molecular complexity index is 1020. The fraction of sp³-hybridized carbons (Fsp3) is 0.350. The Labute approximate surface area is 167 Å². The molecule has 0 spiro atoms. The molecule has 0 unspecified atom stereocenters. The minimum atomic E-state index is -3.82. The summed E-state index contributed by atoms with van der Waals surface area (Å²) in [5.74, 6) is -5.45. The maximum Gasteiger partial charge on any atom is 0.255 e. The topological polar surface area (TPSA) is 66.5 Å². The maximum absolute atomic E-state index is 13.8. The van der Waals surface area contributed by atoms with E-state index in [0.717, 1.165) is 38.2 Å². The smallest absolute Gasteiger partial charge is 0.255 e. The zero-order chi connectivity index (χ0) is 21.2. The molecule has 2 aromatic carbocycles. The second kappa shape index (κ2) is 8.54. The summed E-state index contributed by atoms with van der Waals surface area (Å²) in [6, 6.07) is 6.80. The molecule has 0 aliphatic heterocycles. The lowest BCUT2D eigenvalue weighted by Gasteiger charge is -2.30. The van der Waals surface area contributed by atoms with E-state index >= 15 is 0 Å². The summed E-state index contributed by atoms with van der Waals surface area (Å²) in [5.41, 5.74) is -0.589. The second-order valence-electron chi connectivity index (χ2n) is 7.02. The van der Waals surface area contributed by atoms with Gasteiger partial charge < -0.3 is 5.32 Å². The average molecular weight is 426 g/mol. The summed E-state index contributed by atoms with van der Waals surface area (Å²) in [4.78, 5) is 12.3. The van der Waals surface area contributed by atoms with Gasteiger partial charge >= 0.3 is 0 Å². The average Bonchev–Trinajstić information content (AvgIpc) is 2.74. The van der Waals surface area contributed by atoms with E-state index in [1.54, 1.807) is 0 Å². The van der Waals surface area contributed by atoms with Crippen molar-refractivity contribution >= 4 is 21.6 Å².